The third-order valence-corrected chi connectivity index (χ3v) is 10.5. The summed E-state index contributed by atoms with van der Waals surface area (Å²) >= 11 is 0. The monoisotopic (exact) mass is 751 g/mol. The molecule has 4 aromatic rings. The molecule has 290 valence electrons. The van der Waals surface area contributed by atoms with E-state index in [1.165, 1.54) is 14.2 Å². The van der Waals surface area contributed by atoms with E-state index in [1.807, 2.05) is 58.2 Å². The van der Waals surface area contributed by atoms with Crippen molar-refractivity contribution in [3.05, 3.63) is 84.7 Å². The van der Waals surface area contributed by atoms with E-state index in [9.17, 15) is 19.2 Å². The molecule has 0 saturated carbocycles. The molecule has 5 N–H and O–H groups in total. The molecule has 3 amide bonds. The van der Waals surface area contributed by atoms with Crippen molar-refractivity contribution in [1.82, 2.24) is 45.7 Å². The zero-order valence-electron chi connectivity index (χ0n) is 32.0. The van der Waals surface area contributed by atoms with Crippen LogP contribution in [-0.4, -0.2) is 106 Å². The van der Waals surface area contributed by atoms with E-state index < -0.39 is 23.8 Å². The molecule has 4 atom stereocenters. The Balaban J connectivity index is 1.11. The molecule has 0 bridgehead atoms. The smallest absolute Gasteiger partial charge is 0.407 e. The molecule has 55 heavy (non-hydrogen) atoms. The number of ether oxygens (including phenoxy) is 2. The fourth-order valence-corrected chi connectivity index (χ4v) is 7.00. The minimum absolute atomic E-state index is 0.126. The number of nitrogens with zero attached hydrogens (tertiary/aromatic N) is 4. The Labute approximate surface area is 320 Å². The molecule has 2 aromatic carbocycles. The lowest BCUT2D eigenvalue weighted by Gasteiger charge is -2.37. The van der Waals surface area contributed by atoms with E-state index in [-0.39, 0.29) is 29.8 Å². The van der Waals surface area contributed by atoms with E-state index in [0.29, 0.717) is 32.1 Å². The van der Waals surface area contributed by atoms with E-state index in [1.54, 1.807) is 11.1 Å². The number of H-pyrrole nitrogens is 2. The number of hydrogen-bond acceptors (Lipinski definition) is 10. The van der Waals surface area contributed by atoms with Crippen LogP contribution < -0.4 is 16.0 Å². The summed E-state index contributed by atoms with van der Waals surface area (Å²) in [6, 6.07) is 15.2. The molecule has 1 saturated heterocycles. The minimum atomic E-state index is -1.12. The molecule has 2 aromatic heterocycles. The molecule has 0 radical (unpaired) electrons. The topological polar surface area (TPSA) is 187 Å². The number of carbonyl (C=O) groups is 4. The lowest BCUT2D eigenvalue weighted by molar-refractivity contribution is -0.135. The number of nitrogens with one attached hydrogen (secondary N) is 5. The highest BCUT2D eigenvalue weighted by Crippen LogP contribution is 2.32. The van der Waals surface area contributed by atoms with Crippen LogP contribution in [0.2, 0.25) is 0 Å². The van der Waals surface area contributed by atoms with Gasteiger partial charge >= 0.3 is 12.2 Å². The second-order valence-corrected chi connectivity index (χ2v) is 14.5. The Morgan fingerprint density at radius 3 is 1.98 bits per heavy atom. The van der Waals surface area contributed by atoms with Crippen LogP contribution in [0.1, 0.15) is 51.4 Å². The molecule has 1 fully saturated rings. The number of methoxy groups -OCH3 is 2. The number of benzene rings is 2. The standard InChI is InChI=1S/C40H49N9O6/c1-24(2)34(46-38(52)54-5)37(51)49-17-7-8-32(49)35-42-18-30(44-35)28-13-9-26(10-14-28)27-11-15-29(16-12-27)31-19-43-36(45-31)33-20-41-23-48(33)21-40(22-50,25(3)4)47-39(53)55-6/h7-16,18-19,22,24-25,32-34,41H,17,20-21,23H2,1-6H3,(H,42,44)(H,43,45)(H,46,52)(H,47,53)/t32-,33-,34-,40+/m0/s1. The number of alkyl carbamates (subject to hydrolysis) is 2. The predicted octanol–water partition coefficient (Wildman–Crippen LogP) is 4.81. The summed E-state index contributed by atoms with van der Waals surface area (Å²) in [5.74, 6) is 0.895. The summed E-state index contributed by atoms with van der Waals surface area (Å²) < 4.78 is 9.54. The van der Waals surface area contributed by atoms with Crippen LogP contribution >= 0.6 is 0 Å². The third-order valence-electron chi connectivity index (χ3n) is 10.5. The largest absolute Gasteiger partial charge is 0.453 e. The van der Waals surface area contributed by atoms with Gasteiger partial charge in [0.1, 0.15) is 35.6 Å². The van der Waals surface area contributed by atoms with E-state index in [4.69, 9.17) is 14.5 Å². The van der Waals surface area contributed by atoms with E-state index in [0.717, 1.165) is 45.8 Å². The molecule has 2 aliphatic rings. The maximum atomic E-state index is 13.5. The Hall–Kier alpha value is -5.80. The number of hydrogen-bond donors (Lipinski definition) is 5. The summed E-state index contributed by atoms with van der Waals surface area (Å²) in [5, 5.41) is 8.79. The molecule has 0 unspecified atom stereocenters. The van der Waals surface area contributed by atoms with Crippen molar-refractivity contribution in [2.24, 2.45) is 11.8 Å². The molecular formula is C40H49N9O6. The lowest BCUT2D eigenvalue weighted by atomic mass is 9.87. The summed E-state index contributed by atoms with van der Waals surface area (Å²) in [7, 11) is 2.56. The SMILES string of the molecule is COC(=O)N[C@H](C(=O)N1CC=C[C@H]1c1ncc(-c2ccc(-c3ccc(-c4cnc([C@@H]5CNCN5C[C@](C=O)(NC(=O)OC)C(C)C)[nH]4)cc3)cc2)[nH]1)C(C)C. The van der Waals surface area contributed by atoms with Gasteiger partial charge in [-0.3, -0.25) is 9.69 Å². The van der Waals surface area contributed by atoms with Gasteiger partial charge in [-0.05, 0) is 34.1 Å². The Kier molecular flexibility index (Phi) is 11.8. The van der Waals surface area contributed by atoms with Crippen LogP contribution in [0.25, 0.3) is 33.6 Å². The van der Waals surface area contributed by atoms with Crippen molar-refractivity contribution < 1.29 is 28.7 Å². The molecule has 0 aliphatic carbocycles. The van der Waals surface area contributed by atoms with Crippen molar-refractivity contribution in [1.29, 1.82) is 0 Å². The fourth-order valence-electron chi connectivity index (χ4n) is 7.00. The van der Waals surface area contributed by atoms with Crippen molar-refractivity contribution in [3.8, 4) is 33.6 Å². The van der Waals surface area contributed by atoms with Crippen molar-refractivity contribution in [2.75, 3.05) is 40.5 Å². The summed E-state index contributed by atoms with van der Waals surface area (Å²) in [4.78, 5) is 69.8. The highest BCUT2D eigenvalue weighted by Gasteiger charge is 2.41. The predicted molar refractivity (Wildman–Crippen MR) is 206 cm³/mol. The number of carbonyl (C=O) groups excluding carboxylic acids is 4. The van der Waals surface area contributed by atoms with Crippen molar-refractivity contribution in [2.45, 2.75) is 51.4 Å². The van der Waals surface area contributed by atoms with Gasteiger partial charge in [0.15, 0.2) is 0 Å². The van der Waals surface area contributed by atoms with Gasteiger partial charge in [0.05, 0.1) is 44.0 Å². The highest BCUT2D eigenvalue weighted by atomic mass is 16.5. The van der Waals surface area contributed by atoms with Gasteiger partial charge in [0, 0.05) is 26.3 Å². The molecule has 15 heteroatoms. The maximum Gasteiger partial charge on any atom is 0.407 e. The quantitative estimate of drug-likeness (QED) is 0.0938. The van der Waals surface area contributed by atoms with Gasteiger partial charge in [0.2, 0.25) is 5.91 Å². The second kappa shape index (κ2) is 16.7. The van der Waals surface area contributed by atoms with Gasteiger partial charge in [-0.2, -0.15) is 0 Å². The molecule has 0 spiro atoms. The molecule has 2 aliphatic heterocycles. The number of aromatic nitrogens is 4. The van der Waals surface area contributed by atoms with Gasteiger partial charge in [-0.25, -0.2) is 19.6 Å². The van der Waals surface area contributed by atoms with Crippen molar-refractivity contribution >= 4 is 24.4 Å². The van der Waals surface area contributed by atoms with Crippen LogP contribution in [0.15, 0.2) is 73.1 Å². The highest BCUT2D eigenvalue weighted by molar-refractivity contribution is 5.87. The number of aldehydes is 1. The molecule has 15 nitrogen and oxygen atoms in total. The first kappa shape index (κ1) is 38.9. The average Bonchev–Trinajstić information content (AvgIpc) is 4.03. The Bertz CT molecular complexity index is 2000. The van der Waals surface area contributed by atoms with E-state index in [2.05, 4.69) is 72.2 Å². The van der Waals surface area contributed by atoms with Gasteiger partial charge < -0.3 is 45.1 Å². The van der Waals surface area contributed by atoms with Gasteiger partial charge in [0.25, 0.3) is 0 Å². The average molecular weight is 752 g/mol. The van der Waals surface area contributed by atoms with Crippen molar-refractivity contribution in [3.63, 3.8) is 0 Å². The second-order valence-electron chi connectivity index (χ2n) is 14.5. The van der Waals surface area contributed by atoms with Crippen LogP contribution in [0, 0.1) is 11.8 Å². The summed E-state index contributed by atoms with van der Waals surface area (Å²) in [6.45, 7) is 9.43. The Morgan fingerprint density at radius 1 is 0.873 bits per heavy atom. The zero-order valence-corrected chi connectivity index (χ0v) is 32.0. The first-order valence-corrected chi connectivity index (χ1v) is 18.4. The Morgan fingerprint density at radius 2 is 1.44 bits per heavy atom. The number of imidazole rings is 2. The number of aromatic amines is 2. The van der Waals surface area contributed by atoms with Crippen LogP contribution in [0.3, 0.4) is 0 Å². The normalized spacial score (nSPS) is 18.7. The van der Waals surface area contributed by atoms with Crippen LogP contribution in [0.5, 0.6) is 0 Å². The maximum absolute atomic E-state index is 13.5. The number of amides is 3. The number of rotatable bonds is 13. The van der Waals surface area contributed by atoms with Gasteiger partial charge in [-0.1, -0.05) is 88.4 Å². The van der Waals surface area contributed by atoms with Crippen LogP contribution in [0.4, 0.5) is 9.59 Å². The first-order valence-electron chi connectivity index (χ1n) is 18.4. The third kappa shape index (κ3) is 8.32. The summed E-state index contributed by atoms with van der Waals surface area (Å²) in [5.41, 5.74) is 4.60. The van der Waals surface area contributed by atoms with Gasteiger partial charge in [-0.15, -0.1) is 0 Å². The van der Waals surface area contributed by atoms with E-state index >= 15 is 0 Å². The summed E-state index contributed by atoms with van der Waals surface area (Å²) in [6.07, 6.45) is 6.94. The molecule has 6 rings (SSSR count). The minimum Gasteiger partial charge on any atom is -0.453 e. The zero-order chi connectivity index (χ0) is 39.3. The van der Waals surface area contributed by atoms with Crippen LogP contribution in [-0.2, 0) is 19.1 Å². The molecular weight excluding hydrogens is 702 g/mol. The lowest BCUT2D eigenvalue weighted by Crippen LogP contribution is -2.60. The first-order chi connectivity index (χ1) is 26.5. The molecule has 4 heterocycles. The fraction of sp³-hybridized carbons (Fsp3) is 0.400.